The molecular formula is C20H21FN2O4S. The largest absolute Gasteiger partial charge is 0.383 e. The first-order chi connectivity index (χ1) is 13.6. The minimum absolute atomic E-state index is 0.0556. The van der Waals surface area contributed by atoms with Crippen LogP contribution < -0.4 is 4.90 Å². The molecule has 2 aromatic rings. The van der Waals surface area contributed by atoms with E-state index < -0.39 is 17.6 Å². The van der Waals surface area contributed by atoms with Crippen LogP contribution in [0.2, 0.25) is 0 Å². The maximum Gasteiger partial charge on any atom is 0.282 e. The van der Waals surface area contributed by atoms with Crippen LogP contribution in [0, 0.1) is 5.82 Å². The average molecular weight is 404 g/mol. The van der Waals surface area contributed by atoms with E-state index in [4.69, 9.17) is 9.47 Å². The number of carbonyl (C=O) groups is 2. The summed E-state index contributed by atoms with van der Waals surface area (Å²) in [5.74, 6) is -1.71. The van der Waals surface area contributed by atoms with E-state index >= 15 is 0 Å². The molecule has 0 N–H and O–H groups in total. The van der Waals surface area contributed by atoms with E-state index in [2.05, 4.69) is 0 Å². The maximum absolute atomic E-state index is 14.4. The van der Waals surface area contributed by atoms with Crippen molar-refractivity contribution in [3.8, 4) is 0 Å². The Morgan fingerprint density at radius 3 is 2.25 bits per heavy atom. The van der Waals surface area contributed by atoms with Crippen LogP contribution in [-0.4, -0.2) is 57.2 Å². The van der Waals surface area contributed by atoms with Crippen LogP contribution in [0.3, 0.4) is 0 Å². The van der Waals surface area contributed by atoms with E-state index in [-0.39, 0.29) is 17.0 Å². The molecule has 2 heterocycles. The lowest BCUT2D eigenvalue weighted by molar-refractivity contribution is -0.120. The van der Waals surface area contributed by atoms with Crippen molar-refractivity contribution >= 4 is 34.4 Å². The van der Waals surface area contributed by atoms with Gasteiger partial charge in [0.25, 0.3) is 11.8 Å². The van der Waals surface area contributed by atoms with Crippen molar-refractivity contribution in [3.05, 3.63) is 58.2 Å². The van der Waals surface area contributed by atoms with Crippen molar-refractivity contribution in [3.63, 3.8) is 0 Å². The number of halogens is 1. The number of ether oxygens (including phenoxy) is 2. The van der Waals surface area contributed by atoms with Gasteiger partial charge in [0.2, 0.25) is 0 Å². The zero-order valence-electron chi connectivity index (χ0n) is 15.7. The fraction of sp³-hybridized carbons (Fsp3) is 0.300. The summed E-state index contributed by atoms with van der Waals surface area (Å²) in [6.07, 6.45) is 0. The molecule has 0 aliphatic carbocycles. The van der Waals surface area contributed by atoms with Gasteiger partial charge in [-0.05, 0) is 23.6 Å². The molecule has 0 bridgehead atoms. The van der Waals surface area contributed by atoms with Gasteiger partial charge in [-0.3, -0.25) is 9.59 Å². The Morgan fingerprint density at radius 2 is 1.68 bits per heavy atom. The zero-order chi connectivity index (χ0) is 20.1. The molecule has 0 atom stereocenters. The normalized spacial score (nSPS) is 14.3. The number of methoxy groups -OCH3 is 2. The molecule has 0 radical (unpaired) electrons. The van der Waals surface area contributed by atoms with Crippen molar-refractivity contribution in [1.82, 2.24) is 4.90 Å². The second-order valence-corrected chi connectivity index (χ2v) is 7.02. The summed E-state index contributed by atoms with van der Waals surface area (Å²) in [4.78, 5) is 29.9. The lowest BCUT2D eigenvalue weighted by Gasteiger charge is -2.25. The summed E-state index contributed by atoms with van der Waals surface area (Å²) in [6.45, 7) is 1.53. The molecule has 0 saturated carbocycles. The molecule has 6 nitrogen and oxygen atoms in total. The molecule has 3 rings (SSSR count). The number of thiophene rings is 1. The summed E-state index contributed by atoms with van der Waals surface area (Å²) in [5.41, 5.74) is 0.459. The Labute approximate surface area is 166 Å². The molecular weight excluding hydrogens is 383 g/mol. The van der Waals surface area contributed by atoms with Crippen LogP contribution in [-0.2, 0) is 19.1 Å². The quantitative estimate of drug-likeness (QED) is 0.602. The van der Waals surface area contributed by atoms with E-state index in [1.807, 2.05) is 11.4 Å². The highest BCUT2D eigenvalue weighted by Gasteiger charge is 2.43. The van der Waals surface area contributed by atoms with Gasteiger partial charge >= 0.3 is 0 Å². The van der Waals surface area contributed by atoms with Gasteiger partial charge in [-0.1, -0.05) is 18.2 Å². The maximum atomic E-state index is 14.4. The van der Waals surface area contributed by atoms with Crippen LogP contribution in [0.5, 0.6) is 0 Å². The number of nitrogens with zero attached hydrogens (tertiary/aromatic N) is 2. The highest BCUT2D eigenvalue weighted by atomic mass is 32.1. The minimum Gasteiger partial charge on any atom is -0.383 e. The Balaban J connectivity index is 2.09. The lowest BCUT2D eigenvalue weighted by atomic mass is 10.1. The lowest BCUT2D eigenvalue weighted by Crippen LogP contribution is -2.38. The first kappa shape index (κ1) is 20.2. The van der Waals surface area contributed by atoms with Gasteiger partial charge in [0, 0.05) is 32.2 Å². The zero-order valence-corrected chi connectivity index (χ0v) is 16.5. The van der Waals surface area contributed by atoms with E-state index in [9.17, 15) is 14.0 Å². The summed E-state index contributed by atoms with van der Waals surface area (Å²) < 4.78 is 24.7. The van der Waals surface area contributed by atoms with Crippen LogP contribution >= 0.6 is 11.3 Å². The third-order valence-corrected chi connectivity index (χ3v) is 5.25. The monoisotopic (exact) mass is 404 g/mol. The smallest absolute Gasteiger partial charge is 0.282 e. The van der Waals surface area contributed by atoms with Crippen molar-refractivity contribution in [2.45, 2.75) is 0 Å². The van der Waals surface area contributed by atoms with Crippen molar-refractivity contribution < 1.29 is 23.5 Å². The highest BCUT2D eigenvalue weighted by molar-refractivity contribution is 7.11. The van der Waals surface area contributed by atoms with Gasteiger partial charge in [-0.15, -0.1) is 11.3 Å². The topological polar surface area (TPSA) is 59.1 Å². The molecule has 148 valence electrons. The molecule has 28 heavy (non-hydrogen) atoms. The average Bonchev–Trinajstić information content (AvgIpc) is 3.29. The van der Waals surface area contributed by atoms with Gasteiger partial charge in [0.15, 0.2) is 0 Å². The molecule has 1 aliphatic rings. The van der Waals surface area contributed by atoms with E-state index in [1.165, 1.54) is 29.5 Å². The summed E-state index contributed by atoms with van der Waals surface area (Å²) >= 11 is 1.36. The van der Waals surface area contributed by atoms with Gasteiger partial charge in [0.05, 0.1) is 24.5 Å². The van der Waals surface area contributed by atoms with Crippen LogP contribution in [0.25, 0.3) is 5.57 Å². The number of imide groups is 1. The Bertz CT molecular complexity index is 874. The number of benzene rings is 1. The van der Waals surface area contributed by atoms with Crippen LogP contribution in [0.15, 0.2) is 47.5 Å². The molecule has 0 fully saturated rings. The second-order valence-electron chi connectivity index (χ2n) is 6.07. The minimum atomic E-state index is -0.628. The first-order valence-corrected chi connectivity index (χ1v) is 9.62. The Morgan fingerprint density at radius 1 is 1.00 bits per heavy atom. The van der Waals surface area contributed by atoms with E-state index in [0.29, 0.717) is 31.2 Å². The number of hydrogen-bond acceptors (Lipinski definition) is 6. The number of hydrogen-bond donors (Lipinski definition) is 0. The number of amides is 2. The van der Waals surface area contributed by atoms with Crippen molar-refractivity contribution in [2.75, 3.05) is 45.4 Å². The van der Waals surface area contributed by atoms with E-state index in [1.54, 1.807) is 31.3 Å². The van der Waals surface area contributed by atoms with Gasteiger partial charge < -0.3 is 14.4 Å². The predicted octanol–water partition coefficient (Wildman–Crippen LogP) is 2.77. The number of carbonyl (C=O) groups excluding carboxylic acids is 2. The molecule has 2 amide bonds. The van der Waals surface area contributed by atoms with Gasteiger partial charge in [-0.2, -0.15) is 0 Å². The molecule has 1 aliphatic heterocycles. The fourth-order valence-electron chi connectivity index (χ4n) is 3.04. The molecule has 0 saturated heterocycles. The van der Waals surface area contributed by atoms with Crippen LogP contribution in [0.1, 0.15) is 4.88 Å². The van der Waals surface area contributed by atoms with Gasteiger partial charge in [0.1, 0.15) is 11.5 Å². The Hall–Kier alpha value is -2.55. The Kier molecular flexibility index (Phi) is 6.56. The van der Waals surface area contributed by atoms with Gasteiger partial charge in [-0.25, -0.2) is 9.29 Å². The second kappa shape index (κ2) is 9.09. The van der Waals surface area contributed by atoms with Crippen molar-refractivity contribution in [2.24, 2.45) is 0 Å². The predicted molar refractivity (Wildman–Crippen MR) is 105 cm³/mol. The van der Waals surface area contributed by atoms with E-state index in [0.717, 1.165) is 4.90 Å². The first-order valence-electron chi connectivity index (χ1n) is 8.74. The number of anilines is 1. The fourth-order valence-corrected chi connectivity index (χ4v) is 3.81. The summed E-state index contributed by atoms with van der Waals surface area (Å²) in [6, 6.07) is 9.35. The molecule has 1 aromatic carbocycles. The third kappa shape index (κ3) is 3.84. The molecule has 0 unspecified atom stereocenters. The van der Waals surface area contributed by atoms with Crippen LogP contribution in [0.4, 0.5) is 10.1 Å². The third-order valence-electron chi connectivity index (χ3n) is 4.37. The molecule has 8 heteroatoms. The number of rotatable bonds is 9. The SMILES string of the molecule is COCCN(CCOC)C1=C(c2cccs2)C(=O)N(c2ccccc2F)C1=O. The summed E-state index contributed by atoms with van der Waals surface area (Å²) in [5, 5.41) is 1.83. The molecule has 0 spiro atoms. The van der Waals surface area contributed by atoms with Crippen molar-refractivity contribution in [1.29, 1.82) is 0 Å². The summed E-state index contributed by atoms with van der Waals surface area (Å²) in [7, 11) is 3.13. The highest BCUT2D eigenvalue weighted by Crippen LogP contribution is 2.37. The molecule has 1 aromatic heterocycles. The standard InChI is InChI=1S/C20H21FN2O4S/c1-26-11-9-22(10-12-27-2)18-17(16-8-5-13-28-16)19(24)23(20(18)25)15-7-4-3-6-14(15)21/h3-8,13H,9-12H2,1-2H3. The number of para-hydroxylation sites is 1.